The van der Waals surface area contributed by atoms with Gasteiger partial charge in [0.25, 0.3) is 0 Å². The Morgan fingerprint density at radius 1 is 1.32 bits per heavy atom. The number of hydrogen-bond donors (Lipinski definition) is 1. The van der Waals surface area contributed by atoms with E-state index in [0.29, 0.717) is 12.2 Å². The van der Waals surface area contributed by atoms with E-state index in [2.05, 4.69) is 13.8 Å². The van der Waals surface area contributed by atoms with Crippen molar-refractivity contribution in [3.63, 3.8) is 0 Å². The fraction of sp³-hybridized carbons (Fsp3) is 0.400. The maximum Gasteiger partial charge on any atom is 0.345 e. The summed E-state index contributed by atoms with van der Waals surface area (Å²) in [5.74, 6) is -0.960. The molecule has 1 N–H and O–H groups in total. The maximum absolute atomic E-state index is 12.0. The molecule has 0 atom stereocenters. The van der Waals surface area contributed by atoms with Crippen LogP contribution in [0.2, 0.25) is 0 Å². The fourth-order valence-corrected chi connectivity index (χ4v) is 4.76. The molecule has 2 heterocycles. The summed E-state index contributed by atoms with van der Waals surface area (Å²) in [6, 6.07) is 5.35. The Morgan fingerprint density at radius 3 is 2.59 bits per heavy atom. The minimum absolute atomic E-state index is 0.141. The highest BCUT2D eigenvalue weighted by Gasteiger charge is 2.35. The van der Waals surface area contributed by atoms with Gasteiger partial charge in [-0.1, -0.05) is 13.8 Å². The molecule has 0 saturated heterocycles. The molecule has 0 unspecified atom stereocenters. The van der Waals surface area contributed by atoms with Gasteiger partial charge in [0.15, 0.2) is 0 Å². The Hall–Kier alpha value is -1.60. The van der Waals surface area contributed by atoms with E-state index in [0.717, 1.165) is 22.1 Å². The number of benzene rings is 1. The predicted octanol–water partition coefficient (Wildman–Crippen LogP) is 3.05. The van der Waals surface area contributed by atoms with Crippen LogP contribution in [0.15, 0.2) is 18.2 Å². The molecule has 0 fully saturated rings. The average molecular weight is 339 g/mol. The molecule has 0 radical (unpaired) electrons. The topological polar surface area (TPSA) is 74.7 Å². The van der Waals surface area contributed by atoms with Crippen LogP contribution in [0.3, 0.4) is 0 Å². The molecule has 0 saturated carbocycles. The van der Waals surface area contributed by atoms with Gasteiger partial charge in [0.2, 0.25) is 10.0 Å². The van der Waals surface area contributed by atoms with Crippen LogP contribution in [-0.2, 0) is 15.4 Å². The zero-order valence-electron chi connectivity index (χ0n) is 12.6. The highest BCUT2D eigenvalue weighted by molar-refractivity contribution is 7.92. The van der Waals surface area contributed by atoms with Gasteiger partial charge in [0.1, 0.15) is 4.88 Å². The molecule has 1 aliphatic rings. The predicted molar refractivity (Wildman–Crippen MR) is 88.6 cm³/mol. The van der Waals surface area contributed by atoms with E-state index in [4.69, 9.17) is 5.11 Å². The first-order valence-corrected chi connectivity index (χ1v) is 9.55. The third kappa shape index (κ3) is 2.38. The normalized spacial score (nSPS) is 17.5. The zero-order chi connectivity index (χ0) is 16.3. The second kappa shape index (κ2) is 4.70. The lowest BCUT2D eigenvalue weighted by Crippen LogP contribution is -2.40. The number of hydrogen-bond acceptors (Lipinski definition) is 4. The number of fused-ring (bicyclic) bond motifs is 2. The van der Waals surface area contributed by atoms with Crippen molar-refractivity contribution < 1.29 is 18.3 Å². The molecule has 0 amide bonds. The number of carboxylic acids is 1. The molecule has 1 aromatic heterocycles. The number of sulfonamides is 1. The molecule has 118 valence electrons. The van der Waals surface area contributed by atoms with Crippen LogP contribution in [-0.4, -0.2) is 32.3 Å². The Bertz CT molecular complexity index is 880. The molecule has 5 nitrogen and oxygen atoms in total. The maximum atomic E-state index is 12.0. The summed E-state index contributed by atoms with van der Waals surface area (Å²) in [4.78, 5) is 11.4. The molecule has 1 aliphatic heterocycles. The van der Waals surface area contributed by atoms with Crippen molar-refractivity contribution in [1.29, 1.82) is 0 Å². The minimum Gasteiger partial charge on any atom is -0.477 e. The molecule has 0 bridgehead atoms. The van der Waals surface area contributed by atoms with Crippen LogP contribution in [0.4, 0.5) is 5.69 Å². The number of rotatable bonds is 2. The van der Waals surface area contributed by atoms with E-state index in [-0.39, 0.29) is 10.3 Å². The Morgan fingerprint density at radius 2 is 2.00 bits per heavy atom. The monoisotopic (exact) mass is 339 g/mol. The van der Waals surface area contributed by atoms with Crippen LogP contribution in [0.1, 0.15) is 35.5 Å². The first-order valence-electron chi connectivity index (χ1n) is 6.89. The van der Waals surface area contributed by atoms with Crippen molar-refractivity contribution >= 4 is 43.1 Å². The molecule has 1 aromatic carbocycles. The fourth-order valence-electron chi connectivity index (χ4n) is 2.91. The van der Waals surface area contributed by atoms with Gasteiger partial charge in [0.05, 0.1) is 11.9 Å². The second-order valence-electron chi connectivity index (χ2n) is 6.29. The quantitative estimate of drug-likeness (QED) is 0.912. The van der Waals surface area contributed by atoms with Crippen molar-refractivity contribution in [2.45, 2.75) is 25.7 Å². The molecular formula is C15H17NO4S2. The van der Waals surface area contributed by atoms with E-state index in [1.807, 2.05) is 6.07 Å². The van der Waals surface area contributed by atoms with E-state index in [1.165, 1.54) is 21.9 Å². The Labute approximate surface area is 133 Å². The largest absolute Gasteiger partial charge is 0.477 e. The molecule has 2 aromatic rings. The summed E-state index contributed by atoms with van der Waals surface area (Å²) in [7, 11) is -3.35. The van der Waals surface area contributed by atoms with Crippen LogP contribution in [0, 0.1) is 0 Å². The number of thiophene rings is 1. The smallest absolute Gasteiger partial charge is 0.345 e. The lowest BCUT2D eigenvalue weighted by molar-refractivity contribution is 0.0702. The number of carboxylic acid groups (broad SMARTS) is 1. The van der Waals surface area contributed by atoms with E-state index >= 15 is 0 Å². The average Bonchev–Trinajstić information content (AvgIpc) is 2.78. The van der Waals surface area contributed by atoms with Crippen LogP contribution in [0.25, 0.3) is 10.1 Å². The second-order valence-corrected chi connectivity index (χ2v) is 9.28. The Balaban J connectivity index is 2.30. The molecule has 7 heteroatoms. The molecule has 3 rings (SSSR count). The van der Waals surface area contributed by atoms with Crippen molar-refractivity contribution in [2.24, 2.45) is 0 Å². The van der Waals surface area contributed by atoms with E-state index in [1.54, 1.807) is 12.1 Å². The summed E-state index contributed by atoms with van der Waals surface area (Å²) < 4.78 is 26.4. The summed E-state index contributed by atoms with van der Waals surface area (Å²) in [6.07, 6.45) is 1.94. The third-order valence-electron chi connectivity index (χ3n) is 4.18. The first-order chi connectivity index (χ1) is 10.1. The van der Waals surface area contributed by atoms with Crippen LogP contribution < -0.4 is 4.31 Å². The Kier molecular flexibility index (Phi) is 3.27. The standard InChI is InChI=1S/C15H17NO4S2/c1-15(2)4-5-16(22(3,19)20)11-6-9-7-13(14(17)18)21-12(9)8-10(11)15/h6-8H,4-5H2,1-3H3,(H,17,18). The van der Waals surface area contributed by atoms with Gasteiger partial charge in [0, 0.05) is 11.2 Å². The van der Waals surface area contributed by atoms with Crippen molar-refractivity contribution in [2.75, 3.05) is 17.1 Å². The van der Waals surface area contributed by atoms with E-state index in [9.17, 15) is 13.2 Å². The summed E-state index contributed by atoms with van der Waals surface area (Å²) in [6.45, 7) is 4.62. The first kappa shape index (κ1) is 15.3. The molecule has 0 aliphatic carbocycles. The molecular weight excluding hydrogens is 322 g/mol. The van der Waals surface area contributed by atoms with Gasteiger partial charge < -0.3 is 5.11 Å². The lowest BCUT2D eigenvalue weighted by atomic mass is 9.78. The summed E-state index contributed by atoms with van der Waals surface area (Å²) >= 11 is 1.22. The van der Waals surface area contributed by atoms with Gasteiger partial charge in [-0.15, -0.1) is 11.3 Å². The van der Waals surface area contributed by atoms with Crippen molar-refractivity contribution in [1.82, 2.24) is 0 Å². The highest BCUT2D eigenvalue weighted by Crippen LogP contribution is 2.44. The van der Waals surface area contributed by atoms with Crippen molar-refractivity contribution in [3.05, 3.63) is 28.6 Å². The number of nitrogens with zero attached hydrogens (tertiary/aromatic N) is 1. The van der Waals surface area contributed by atoms with Gasteiger partial charge in [-0.25, -0.2) is 13.2 Å². The third-order valence-corrected chi connectivity index (χ3v) is 6.45. The molecule has 22 heavy (non-hydrogen) atoms. The SMILES string of the molecule is CC1(C)CCN(S(C)(=O)=O)c2cc3cc(C(=O)O)sc3cc21. The van der Waals surface area contributed by atoms with Crippen molar-refractivity contribution in [3.8, 4) is 0 Å². The highest BCUT2D eigenvalue weighted by atomic mass is 32.2. The minimum atomic E-state index is -3.35. The number of aromatic carboxylic acids is 1. The van der Waals surface area contributed by atoms with Crippen LogP contribution in [0.5, 0.6) is 0 Å². The van der Waals surface area contributed by atoms with Gasteiger partial charge >= 0.3 is 5.97 Å². The molecule has 0 spiro atoms. The summed E-state index contributed by atoms with van der Waals surface area (Å²) in [5.41, 5.74) is 1.48. The summed E-state index contributed by atoms with van der Waals surface area (Å²) in [5, 5.41) is 9.91. The number of anilines is 1. The zero-order valence-corrected chi connectivity index (χ0v) is 14.2. The lowest BCUT2D eigenvalue weighted by Gasteiger charge is -2.39. The van der Waals surface area contributed by atoms with E-state index < -0.39 is 16.0 Å². The van der Waals surface area contributed by atoms with Gasteiger partial charge in [-0.2, -0.15) is 0 Å². The van der Waals surface area contributed by atoms with Crippen LogP contribution >= 0.6 is 11.3 Å². The van der Waals surface area contributed by atoms with Gasteiger partial charge in [-0.3, -0.25) is 4.31 Å². The number of carbonyl (C=O) groups is 1. The van der Waals surface area contributed by atoms with Gasteiger partial charge in [-0.05, 0) is 41.0 Å².